The van der Waals surface area contributed by atoms with Crippen LogP contribution in [0.4, 0.5) is 5.69 Å². The number of hydrogen-bond acceptors (Lipinski definition) is 5. The molecule has 0 unspecified atom stereocenters. The van der Waals surface area contributed by atoms with Crippen LogP contribution in [-0.4, -0.2) is 31.1 Å². The fourth-order valence-corrected chi connectivity index (χ4v) is 3.93. The molecule has 1 heterocycles. The van der Waals surface area contributed by atoms with Crippen LogP contribution >= 0.6 is 0 Å². The number of anilines is 1. The minimum atomic E-state index is 0.310. The predicted molar refractivity (Wildman–Crippen MR) is 120 cm³/mol. The molecule has 4 rings (SSSR count). The molecule has 0 radical (unpaired) electrons. The molecule has 0 aromatic heterocycles. The lowest BCUT2D eigenvalue weighted by atomic mass is 10.1. The second-order valence-electron chi connectivity index (χ2n) is 7.67. The zero-order valence-electron chi connectivity index (χ0n) is 17.1. The number of ether oxygens (including phenoxy) is 2. The minimum absolute atomic E-state index is 0.310. The van der Waals surface area contributed by atoms with Gasteiger partial charge >= 0.3 is 0 Å². The van der Waals surface area contributed by atoms with Crippen molar-refractivity contribution in [3.8, 4) is 17.6 Å². The first-order chi connectivity index (χ1) is 14.7. The van der Waals surface area contributed by atoms with E-state index in [1.165, 1.54) is 19.3 Å². The van der Waals surface area contributed by atoms with Crippen LogP contribution in [0.3, 0.4) is 0 Å². The van der Waals surface area contributed by atoms with Crippen molar-refractivity contribution in [1.29, 1.82) is 5.26 Å². The number of hydrogen-bond donors (Lipinski definition) is 1. The summed E-state index contributed by atoms with van der Waals surface area (Å²) in [6.45, 7) is 4.19. The molecule has 3 aromatic rings. The number of nitrogens with zero attached hydrogens (tertiary/aromatic N) is 2. The van der Waals surface area contributed by atoms with Gasteiger partial charge in [-0.2, -0.15) is 5.26 Å². The Labute approximate surface area is 177 Å². The Hall–Kier alpha value is -3.23. The molecule has 1 saturated heterocycles. The summed E-state index contributed by atoms with van der Waals surface area (Å²) in [4.78, 5) is 2.44. The van der Waals surface area contributed by atoms with Gasteiger partial charge in [-0.3, -0.25) is 4.90 Å². The Kier molecular flexibility index (Phi) is 6.36. The van der Waals surface area contributed by atoms with E-state index in [0.717, 1.165) is 53.2 Å². The van der Waals surface area contributed by atoms with Crippen molar-refractivity contribution in [2.24, 2.45) is 0 Å². The Morgan fingerprint density at radius 1 is 0.933 bits per heavy atom. The van der Waals surface area contributed by atoms with Gasteiger partial charge in [-0.25, -0.2) is 0 Å². The molecule has 3 aromatic carbocycles. The van der Waals surface area contributed by atoms with E-state index in [4.69, 9.17) is 15.2 Å². The minimum Gasteiger partial charge on any atom is -0.492 e. The highest BCUT2D eigenvalue weighted by molar-refractivity contribution is 5.96. The summed E-state index contributed by atoms with van der Waals surface area (Å²) in [5, 5.41) is 11.5. The van der Waals surface area contributed by atoms with Crippen LogP contribution in [0.25, 0.3) is 10.8 Å². The third kappa shape index (κ3) is 4.67. The van der Waals surface area contributed by atoms with Gasteiger partial charge in [0.1, 0.15) is 24.7 Å². The van der Waals surface area contributed by atoms with Gasteiger partial charge in [0.25, 0.3) is 0 Å². The van der Waals surface area contributed by atoms with Crippen LogP contribution in [0, 0.1) is 11.3 Å². The first kappa shape index (κ1) is 20.1. The first-order valence-corrected chi connectivity index (χ1v) is 10.5. The largest absolute Gasteiger partial charge is 0.492 e. The molecule has 0 aliphatic carbocycles. The molecular weight excluding hydrogens is 374 g/mol. The predicted octanol–water partition coefficient (Wildman–Crippen LogP) is 4.74. The highest BCUT2D eigenvalue weighted by Crippen LogP contribution is 2.31. The average Bonchev–Trinajstić information content (AvgIpc) is 2.80. The maximum absolute atomic E-state index is 9.59. The highest BCUT2D eigenvalue weighted by atomic mass is 16.5. The fourth-order valence-electron chi connectivity index (χ4n) is 3.93. The van der Waals surface area contributed by atoms with Crippen molar-refractivity contribution in [3.05, 3.63) is 65.7 Å². The molecule has 0 saturated carbocycles. The number of nitrogen functional groups attached to an aromatic ring is 1. The maximum atomic E-state index is 9.59. The van der Waals surface area contributed by atoms with E-state index in [1.54, 1.807) is 6.07 Å². The second-order valence-corrected chi connectivity index (χ2v) is 7.67. The molecule has 0 spiro atoms. The van der Waals surface area contributed by atoms with Crippen molar-refractivity contribution >= 4 is 16.5 Å². The van der Waals surface area contributed by atoms with Gasteiger partial charge in [0.05, 0.1) is 11.6 Å². The average molecular weight is 402 g/mol. The van der Waals surface area contributed by atoms with Crippen LogP contribution in [-0.2, 0) is 6.61 Å². The normalized spacial score (nSPS) is 14.4. The monoisotopic (exact) mass is 401 g/mol. The summed E-state index contributed by atoms with van der Waals surface area (Å²) in [5.41, 5.74) is 8.20. The van der Waals surface area contributed by atoms with Gasteiger partial charge < -0.3 is 15.2 Å². The van der Waals surface area contributed by atoms with E-state index in [1.807, 2.05) is 48.5 Å². The van der Waals surface area contributed by atoms with Crippen LogP contribution in [0.2, 0.25) is 0 Å². The Bertz CT molecular complexity index is 1050. The van der Waals surface area contributed by atoms with Crippen molar-refractivity contribution in [1.82, 2.24) is 4.90 Å². The number of benzene rings is 3. The number of nitrogens with two attached hydrogens (primary N) is 1. The summed E-state index contributed by atoms with van der Waals surface area (Å²) in [5.74, 6) is 1.48. The molecule has 1 aliphatic rings. The molecule has 1 aliphatic heterocycles. The number of rotatable bonds is 7. The van der Waals surface area contributed by atoms with Crippen molar-refractivity contribution in [2.75, 3.05) is 32.0 Å². The lowest BCUT2D eigenvalue weighted by Crippen LogP contribution is -2.33. The highest BCUT2D eigenvalue weighted by Gasteiger charge is 2.11. The quantitative estimate of drug-likeness (QED) is 0.579. The van der Waals surface area contributed by atoms with Crippen molar-refractivity contribution in [2.45, 2.75) is 25.9 Å². The number of nitriles is 1. The van der Waals surface area contributed by atoms with Gasteiger partial charge in [-0.1, -0.05) is 36.8 Å². The number of piperidine rings is 1. The van der Waals surface area contributed by atoms with Crippen LogP contribution in [0.5, 0.6) is 11.5 Å². The molecule has 2 N–H and O–H groups in total. The number of fused-ring (bicyclic) bond motifs is 1. The van der Waals surface area contributed by atoms with Gasteiger partial charge in [-0.05, 0) is 50.2 Å². The molecule has 0 atom stereocenters. The molecular formula is C25H27N3O2. The first-order valence-electron chi connectivity index (χ1n) is 10.5. The SMILES string of the molecule is N#Cc1cc(OCCN2CCCCC2)ccc1COc1ccc(N)c2ccccc12. The van der Waals surface area contributed by atoms with Crippen LogP contribution < -0.4 is 15.2 Å². The third-order valence-corrected chi connectivity index (χ3v) is 5.63. The van der Waals surface area contributed by atoms with Crippen molar-refractivity contribution in [3.63, 3.8) is 0 Å². The lowest BCUT2D eigenvalue weighted by molar-refractivity contribution is 0.183. The second kappa shape index (κ2) is 9.51. The topological polar surface area (TPSA) is 71.5 Å². The van der Waals surface area contributed by atoms with E-state index < -0.39 is 0 Å². The van der Waals surface area contributed by atoms with E-state index in [0.29, 0.717) is 18.8 Å². The molecule has 5 heteroatoms. The lowest BCUT2D eigenvalue weighted by Gasteiger charge is -2.26. The molecule has 154 valence electrons. The van der Waals surface area contributed by atoms with Gasteiger partial charge in [0.15, 0.2) is 0 Å². The third-order valence-electron chi connectivity index (χ3n) is 5.63. The molecule has 30 heavy (non-hydrogen) atoms. The number of likely N-dealkylation sites (tertiary alicyclic amines) is 1. The fraction of sp³-hybridized carbons (Fsp3) is 0.320. The van der Waals surface area contributed by atoms with E-state index in [9.17, 15) is 5.26 Å². The summed E-state index contributed by atoms with van der Waals surface area (Å²) in [6, 6.07) is 19.5. The molecule has 0 bridgehead atoms. The Morgan fingerprint density at radius 3 is 2.53 bits per heavy atom. The molecule has 5 nitrogen and oxygen atoms in total. The van der Waals surface area contributed by atoms with E-state index >= 15 is 0 Å². The van der Waals surface area contributed by atoms with Crippen LogP contribution in [0.15, 0.2) is 54.6 Å². The van der Waals surface area contributed by atoms with Crippen molar-refractivity contribution < 1.29 is 9.47 Å². The summed E-state index contributed by atoms with van der Waals surface area (Å²) in [7, 11) is 0. The van der Waals surface area contributed by atoms with Crippen LogP contribution in [0.1, 0.15) is 30.4 Å². The van der Waals surface area contributed by atoms with E-state index in [-0.39, 0.29) is 0 Å². The Balaban J connectivity index is 1.40. The molecule has 1 fully saturated rings. The zero-order chi connectivity index (χ0) is 20.8. The van der Waals surface area contributed by atoms with Gasteiger partial charge in [0, 0.05) is 28.6 Å². The summed E-state index contributed by atoms with van der Waals surface area (Å²) < 4.78 is 11.9. The Morgan fingerprint density at radius 2 is 1.73 bits per heavy atom. The van der Waals surface area contributed by atoms with Gasteiger partial charge in [0.2, 0.25) is 0 Å². The maximum Gasteiger partial charge on any atom is 0.127 e. The smallest absolute Gasteiger partial charge is 0.127 e. The van der Waals surface area contributed by atoms with Gasteiger partial charge in [-0.15, -0.1) is 0 Å². The summed E-state index contributed by atoms with van der Waals surface area (Å²) in [6.07, 6.45) is 3.88. The summed E-state index contributed by atoms with van der Waals surface area (Å²) >= 11 is 0. The molecule has 0 amide bonds. The standard InChI is InChI=1S/C25H27N3O2/c26-17-20-16-21(29-15-14-28-12-4-1-5-13-28)9-8-19(20)18-30-25-11-10-24(27)22-6-2-3-7-23(22)25/h2-3,6-11,16H,1,4-5,12-15,18,27H2. The zero-order valence-corrected chi connectivity index (χ0v) is 17.1. The van der Waals surface area contributed by atoms with E-state index in [2.05, 4.69) is 11.0 Å².